The molecule has 4 rings (SSSR count). The van der Waals surface area contributed by atoms with Gasteiger partial charge in [-0.3, -0.25) is 0 Å². The van der Waals surface area contributed by atoms with Crippen LogP contribution in [0.1, 0.15) is 24.8 Å². The first-order chi connectivity index (χ1) is 14.6. The van der Waals surface area contributed by atoms with Crippen molar-refractivity contribution in [1.29, 1.82) is 0 Å². The number of carbonyl (C=O) groups excluding carboxylic acids is 1. The molecule has 0 bridgehead atoms. The molecule has 1 atom stereocenters. The van der Waals surface area contributed by atoms with Gasteiger partial charge in [0.05, 0.1) is 24.8 Å². The Kier molecular flexibility index (Phi) is 5.76. The normalized spacial score (nSPS) is 15.8. The highest BCUT2D eigenvalue weighted by molar-refractivity contribution is 6.32. The van der Waals surface area contributed by atoms with Crippen LogP contribution in [0.25, 0.3) is 11.4 Å². The molecular weight excluding hydrogens is 408 g/mol. The van der Waals surface area contributed by atoms with Crippen LogP contribution in [0.15, 0.2) is 47.0 Å². The molecule has 3 aromatic rings. The second-order valence-corrected chi connectivity index (χ2v) is 7.19. The average Bonchev–Trinajstić information content (AvgIpc) is 3.43. The maximum Gasteiger partial charge on any atom is 0.322 e. The zero-order valence-electron chi connectivity index (χ0n) is 16.6. The second kappa shape index (κ2) is 8.62. The van der Waals surface area contributed by atoms with E-state index in [0.717, 1.165) is 18.4 Å². The van der Waals surface area contributed by atoms with Gasteiger partial charge in [0.25, 0.3) is 0 Å². The minimum atomic E-state index is -0.297. The number of rotatable bonds is 5. The first-order valence-electron chi connectivity index (χ1n) is 9.49. The van der Waals surface area contributed by atoms with Crippen molar-refractivity contribution in [1.82, 2.24) is 15.0 Å². The summed E-state index contributed by atoms with van der Waals surface area (Å²) in [6.45, 7) is 0.590. The zero-order valence-corrected chi connectivity index (χ0v) is 17.3. The highest BCUT2D eigenvalue weighted by atomic mass is 35.5. The quantitative estimate of drug-likeness (QED) is 0.629. The Balaban J connectivity index is 1.52. The van der Waals surface area contributed by atoms with E-state index < -0.39 is 0 Å². The smallest absolute Gasteiger partial charge is 0.322 e. The number of likely N-dealkylation sites (tertiary alicyclic amines) is 1. The van der Waals surface area contributed by atoms with Gasteiger partial charge in [0.1, 0.15) is 17.5 Å². The number of halogens is 1. The largest absolute Gasteiger partial charge is 0.496 e. The molecule has 2 amide bonds. The summed E-state index contributed by atoms with van der Waals surface area (Å²) in [5.74, 6) is 2.03. The summed E-state index contributed by atoms with van der Waals surface area (Å²) in [7, 11) is 3.13. The number of anilines is 1. The molecule has 1 fully saturated rings. The highest BCUT2D eigenvalue weighted by Crippen LogP contribution is 2.34. The molecule has 1 unspecified atom stereocenters. The van der Waals surface area contributed by atoms with Gasteiger partial charge in [0.2, 0.25) is 11.7 Å². The molecule has 0 aliphatic carbocycles. The van der Waals surface area contributed by atoms with Gasteiger partial charge >= 0.3 is 6.03 Å². The van der Waals surface area contributed by atoms with Crippen molar-refractivity contribution in [3.05, 3.63) is 53.4 Å². The second-order valence-electron chi connectivity index (χ2n) is 6.79. The molecular formula is C21H21ClN4O4. The lowest BCUT2D eigenvalue weighted by Gasteiger charge is -2.22. The summed E-state index contributed by atoms with van der Waals surface area (Å²) in [6.07, 6.45) is 1.58. The fourth-order valence-electron chi connectivity index (χ4n) is 3.52. The van der Waals surface area contributed by atoms with Crippen LogP contribution in [0.4, 0.5) is 10.5 Å². The molecule has 1 saturated heterocycles. The van der Waals surface area contributed by atoms with Gasteiger partial charge in [-0.15, -0.1) is 0 Å². The third-order valence-corrected chi connectivity index (χ3v) is 5.29. The number of amides is 2. The zero-order chi connectivity index (χ0) is 21.1. The summed E-state index contributed by atoms with van der Waals surface area (Å²) < 4.78 is 16.0. The van der Waals surface area contributed by atoms with Gasteiger partial charge in [0.15, 0.2) is 0 Å². The average molecular weight is 429 g/mol. The minimum absolute atomic E-state index is 0.254. The molecule has 2 aromatic carbocycles. The number of urea groups is 1. The van der Waals surface area contributed by atoms with Crippen molar-refractivity contribution in [3.63, 3.8) is 0 Å². The molecule has 8 nitrogen and oxygen atoms in total. The summed E-state index contributed by atoms with van der Waals surface area (Å²) in [5.41, 5.74) is 1.31. The van der Waals surface area contributed by atoms with Crippen LogP contribution in [-0.2, 0) is 0 Å². The minimum Gasteiger partial charge on any atom is -0.496 e. The SMILES string of the molecule is COc1ccc(NC(=O)N2CCCC2c2nc(-c3ccccc3OC)no2)cc1Cl. The van der Waals surface area contributed by atoms with E-state index in [1.807, 2.05) is 24.3 Å². The number of ether oxygens (including phenoxy) is 2. The van der Waals surface area contributed by atoms with E-state index >= 15 is 0 Å². The van der Waals surface area contributed by atoms with Gasteiger partial charge in [-0.1, -0.05) is 28.9 Å². The topological polar surface area (TPSA) is 89.7 Å². The Labute approximate surface area is 178 Å². The van der Waals surface area contributed by atoms with Crippen molar-refractivity contribution in [2.45, 2.75) is 18.9 Å². The molecule has 30 heavy (non-hydrogen) atoms. The summed E-state index contributed by atoms with van der Waals surface area (Å²) in [4.78, 5) is 19.1. The lowest BCUT2D eigenvalue weighted by Crippen LogP contribution is -2.34. The monoisotopic (exact) mass is 428 g/mol. The van der Waals surface area contributed by atoms with Crippen LogP contribution in [0.2, 0.25) is 5.02 Å². The van der Waals surface area contributed by atoms with Crippen LogP contribution in [0, 0.1) is 0 Å². The van der Waals surface area contributed by atoms with E-state index in [1.165, 1.54) is 7.11 Å². The predicted molar refractivity (Wildman–Crippen MR) is 112 cm³/mol. The molecule has 1 aliphatic rings. The number of nitrogens with zero attached hydrogens (tertiary/aromatic N) is 3. The van der Waals surface area contributed by atoms with Crippen LogP contribution >= 0.6 is 11.6 Å². The van der Waals surface area contributed by atoms with Crippen molar-refractivity contribution < 1.29 is 18.8 Å². The molecule has 9 heteroatoms. The first kappa shape index (κ1) is 20.0. The Hall–Kier alpha value is -3.26. The van der Waals surface area contributed by atoms with Crippen LogP contribution in [-0.4, -0.2) is 41.8 Å². The van der Waals surface area contributed by atoms with Crippen molar-refractivity contribution in [3.8, 4) is 22.9 Å². The number of hydrogen-bond donors (Lipinski definition) is 1. The van der Waals surface area contributed by atoms with Gasteiger partial charge in [0, 0.05) is 12.2 Å². The Morgan fingerprint density at radius 1 is 1.20 bits per heavy atom. The third-order valence-electron chi connectivity index (χ3n) is 4.99. The Morgan fingerprint density at radius 3 is 2.77 bits per heavy atom. The summed E-state index contributed by atoms with van der Waals surface area (Å²) in [5, 5.41) is 7.38. The molecule has 1 aromatic heterocycles. The van der Waals surface area contributed by atoms with Crippen molar-refractivity contribution in [2.24, 2.45) is 0 Å². The van der Waals surface area contributed by atoms with Crippen LogP contribution < -0.4 is 14.8 Å². The summed E-state index contributed by atoms with van der Waals surface area (Å²) in [6, 6.07) is 12.0. The van der Waals surface area contributed by atoms with E-state index in [4.69, 9.17) is 25.6 Å². The molecule has 0 radical (unpaired) electrons. The van der Waals surface area contributed by atoms with E-state index in [2.05, 4.69) is 15.5 Å². The maximum absolute atomic E-state index is 12.9. The predicted octanol–water partition coefficient (Wildman–Crippen LogP) is 4.78. The van der Waals surface area contributed by atoms with Crippen LogP contribution in [0.3, 0.4) is 0 Å². The lowest BCUT2D eigenvalue weighted by molar-refractivity contribution is 0.193. The number of carbonyl (C=O) groups is 1. The van der Waals surface area contributed by atoms with Crippen LogP contribution in [0.5, 0.6) is 11.5 Å². The van der Waals surface area contributed by atoms with Gasteiger partial charge in [-0.05, 0) is 43.2 Å². The Morgan fingerprint density at radius 2 is 2.00 bits per heavy atom. The van der Waals surface area contributed by atoms with E-state index in [9.17, 15) is 4.79 Å². The number of para-hydroxylation sites is 1. The Bertz CT molecular complexity index is 1050. The molecule has 0 saturated carbocycles. The summed E-state index contributed by atoms with van der Waals surface area (Å²) >= 11 is 6.15. The number of methoxy groups -OCH3 is 2. The number of aromatic nitrogens is 2. The van der Waals surface area contributed by atoms with Gasteiger partial charge in [-0.2, -0.15) is 4.98 Å². The van der Waals surface area contributed by atoms with Gasteiger partial charge < -0.3 is 24.2 Å². The van der Waals surface area contributed by atoms with E-state index in [1.54, 1.807) is 30.2 Å². The maximum atomic E-state index is 12.9. The van der Waals surface area contributed by atoms with Gasteiger partial charge in [-0.25, -0.2) is 4.79 Å². The molecule has 1 aliphatic heterocycles. The number of nitrogens with one attached hydrogen (secondary N) is 1. The first-order valence-corrected chi connectivity index (χ1v) is 9.86. The standard InChI is InChI=1S/C21H21ClN4O4/c1-28-17-8-4-3-6-14(17)19-24-20(30-25-19)16-7-5-11-26(16)21(27)23-13-9-10-18(29-2)15(22)12-13/h3-4,6,8-10,12,16H,5,7,11H2,1-2H3,(H,23,27). The van der Waals surface area contributed by atoms with Crippen molar-refractivity contribution >= 4 is 23.3 Å². The lowest BCUT2D eigenvalue weighted by atomic mass is 10.2. The fraction of sp³-hybridized carbons (Fsp3) is 0.286. The molecule has 0 spiro atoms. The number of hydrogen-bond acceptors (Lipinski definition) is 6. The molecule has 2 heterocycles. The molecule has 1 N–H and O–H groups in total. The van der Waals surface area contributed by atoms with E-state index in [-0.39, 0.29) is 12.1 Å². The number of benzene rings is 2. The fourth-order valence-corrected chi connectivity index (χ4v) is 3.77. The molecule has 156 valence electrons. The highest BCUT2D eigenvalue weighted by Gasteiger charge is 2.34. The van der Waals surface area contributed by atoms with E-state index in [0.29, 0.717) is 40.5 Å². The third kappa shape index (κ3) is 3.91. The van der Waals surface area contributed by atoms with Crippen molar-refractivity contribution in [2.75, 3.05) is 26.1 Å².